The van der Waals surface area contributed by atoms with Gasteiger partial charge in [0.1, 0.15) is 12.1 Å². The molecule has 3 atom stereocenters. The fourth-order valence-corrected chi connectivity index (χ4v) is 4.52. The third-order valence-corrected chi connectivity index (χ3v) is 6.34. The van der Waals surface area contributed by atoms with Gasteiger partial charge in [0, 0.05) is 31.3 Å². The maximum Gasteiger partial charge on any atom is 0.248 e. The van der Waals surface area contributed by atoms with E-state index >= 15 is 0 Å². The van der Waals surface area contributed by atoms with Crippen LogP contribution in [0.25, 0.3) is 11.1 Å². The normalized spacial score (nSPS) is 18.5. The summed E-state index contributed by atoms with van der Waals surface area (Å²) >= 11 is 0. The highest BCUT2D eigenvalue weighted by Crippen LogP contribution is 2.27. The van der Waals surface area contributed by atoms with Gasteiger partial charge in [-0.05, 0) is 30.0 Å². The van der Waals surface area contributed by atoms with Gasteiger partial charge in [-0.15, -0.1) is 5.10 Å². The number of β-amino-alcohol motifs (C(OH)–C–C–N with tert-alkyl or cyclic N) is 1. The first-order chi connectivity index (χ1) is 17.2. The number of benzene rings is 2. The molecular formula is C26H29F2N5O3. The molecule has 0 saturated carbocycles. The third kappa shape index (κ3) is 5.28. The number of carbonyl (C=O) groups excluding carboxylic acids is 2. The number of carbonyl (C=O) groups is 2. The third-order valence-electron chi connectivity index (χ3n) is 6.34. The van der Waals surface area contributed by atoms with E-state index in [0.717, 1.165) is 11.6 Å². The van der Waals surface area contributed by atoms with Crippen molar-refractivity contribution in [2.45, 2.75) is 51.9 Å². The van der Waals surface area contributed by atoms with Gasteiger partial charge in [0.2, 0.25) is 11.8 Å². The second kappa shape index (κ2) is 10.5. The number of aryl methyl sites for hydroxylation is 1. The zero-order valence-corrected chi connectivity index (χ0v) is 20.4. The molecule has 36 heavy (non-hydrogen) atoms. The smallest absolute Gasteiger partial charge is 0.248 e. The van der Waals surface area contributed by atoms with E-state index in [1.165, 1.54) is 21.7 Å². The number of aliphatic hydroxyl groups excluding tert-OH is 1. The van der Waals surface area contributed by atoms with Crippen molar-refractivity contribution in [1.82, 2.24) is 25.2 Å². The van der Waals surface area contributed by atoms with Crippen LogP contribution in [0, 0.1) is 24.5 Å². The first-order valence-electron chi connectivity index (χ1n) is 11.8. The van der Waals surface area contributed by atoms with E-state index in [9.17, 15) is 23.5 Å². The zero-order valence-electron chi connectivity index (χ0n) is 20.4. The number of rotatable bonds is 7. The number of nitrogens with one attached hydrogen (secondary N) is 1. The fraction of sp³-hybridized carbons (Fsp3) is 0.385. The van der Waals surface area contributed by atoms with Crippen LogP contribution in [0.1, 0.15) is 37.6 Å². The van der Waals surface area contributed by atoms with Gasteiger partial charge in [-0.25, -0.2) is 13.5 Å². The molecule has 2 aromatic carbocycles. The quantitative estimate of drug-likeness (QED) is 0.523. The van der Waals surface area contributed by atoms with E-state index < -0.39 is 29.8 Å². The molecule has 8 nitrogen and oxygen atoms in total. The molecular weight excluding hydrogens is 468 g/mol. The Kier molecular flexibility index (Phi) is 7.44. The number of hydrogen-bond acceptors (Lipinski definition) is 5. The van der Waals surface area contributed by atoms with Crippen molar-refractivity contribution in [3.63, 3.8) is 0 Å². The van der Waals surface area contributed by atoms with Crippen LogP contribution >= 0.6 is 0 Å². The molecule has 0 radical (unpaired) electrons. The first kappa shape index (κ1) is 25.4. The maximum absolute atomic E-state index is 14.1. The minimum absolute atomic E-state index is 0.0573. The average Bonchev–Trinajstić information content (AvgIpc) is 3.45. The summed E-state index contributed by atoms with van der Waals surface area (Å²) in [5.41, 5.74) is 2.09. The summed E-state index contributed by atoms with van der Waals surface area (Å²) in [6.45, 7) is 5.79. The van der Waals surface area contributed by atoms with Crippen molar-refractivity contribution in [2.24, 2.45) is 5.92 Å². The van der Waals surface area contributed by atoms with Crippen LogP contribution < -0.4 is 5.32 Å². The number of halogens is 2. The van der Waals surface area contributed by atoms with Gasteiger partial charge in [0.05, 0.1) is 11.8 Å². The Morgan fingerprint density at radius 2 is 1.89 bits per heavy atom. The van der Waals surface area contributed by atoms with Gasteiger partial charge >= 0.3 is 0 Å². The van der Waals surface area contributed by atoms with Crippen LogP contribution in [-0.2, 0) is 16.1 Å². The molecule has 1 saturated heterocycles. The summed E-state index contributed by atoms with van der Waals surface area (Å²) in [5.74, 6) is -2.61. The van der Waals surface area contributed by atoms with Crippen LogP contribution in [0.2, 0.25) is 0 Å². The Bertz CT molecular complexity index is 1240. The highest BCUT2D eigenvalue weighted by atomic mass is 19.2. The summed E-state index contributed by atoms with van der Waals surface area (Å²) in [4.78, 5) is 27.9. The zero-order chi connectivity index (χ0) is 26.0. The second-order valence-corrected chi connectivity index (χ2v) is 9.44. The topological polar surface area (TPSA) is 100 Å². The Hall–Kier alpha value is -3.66. The highest BCUT2D eigenvalue weighted by molar-refractivity contribution is 5.90. The largest absolute Gasteiger partial charge is 0.391 e. The van der Waals surface area contributed by atoms with Crippen LogP contribution in [-0.4, -0.2) is 55.5 Å². The fourth-order valence-electron chi connectivity index (χ4n) is 4.52. The van der Waals surface area contributed by atoms with E-state index in [-0.39, 0.29) is 42.8 Å². The van der Waals surface area contributed by atoms with E-state index in [1.54, 1.807) is 37.4 Å². The average molecular weight is 498 g/mol. The molecule has 0 aliphatic carbocycles. The molecule has 1 aliphatic heterocycles. The SMILES string of the molecule is Cc1cn([C@H](C(=O)N2C[C@H](O)C[C@H]2C(=O)NCc2ccc(-c3cccc(F)c3F)cc2)C(C)C)nn1. The van der Waals surface area contributed by atoms with Crippen molar-refractivity contribution in [2.75, 3.05) is 6.54 Å². The minimum atomic E-state index is -0.916. The predicted molar refractivity (Wildman–Crippen MR) is 128 cm³/mol. The standard InChI is InChI=1S/C26H29F2N5O3/c1-15(2)24(33-13-16(3)30-31-33)26(36)32-14-19(34)11-22(32)25(35)29-12-17-7-9-18(10-8-17)20-5-4-6-21(27)23(20)28/h4-10,13,15,19,22,24,34H,11-12,14H2,1-3H3,(H,29,35)/t19-,22+,24+/m1/s1. The minimum Gasteiger partial charge on any atom is -0.391 e. The molecule has 2 heterocycles. The summed E-state index contributed by atoms with van der Waals surface area (Å²) in [5, 5.41) is 21.1. The van der Waals surface area contributed by atoms with Gasteiger partial charge in [-0.3, -0.25) is 9.59 Å². The summed E-state index contributed by atoms with van der Waals surface area (Å²) in [7, 11) is 0. The monoisotopic (exact) mass is 497 g/mol. The molecule has 4 rings (SSSR count). The van der Waals surface area contributed by atoms with E-state index in [4.69, 9.17) is 0 Å². The Labute approximate surface area is 207 Å². The molecule has 190 valence electrons. The number of nitrogens with zero attached hydrogens (tertiary/aromatic N) is 4. The number of likely N-dealkylation sites (tertiary alicyclic amines) is 1. The van der Waals surface area contributed by atoms with E-state index in [2.05, 4.69) is 15.6 Å². The lowest BCUT2D eigenvalue weighted by molar-refractivity contribution is -0.142. The maximum atomic E-state index is 14.1. The van der Waals surface area contributed by atoms with Gasteiger partial charge < -0.3 is 15.3 Å². The van der Waals surface area contributed by atoms with Crippen molar-refractivity contribution in [3.05, 3.63) is 71.6 Å². The lowest BCUT2D eigenvalue weighted by Gasteiger charge is -2.29. The molecule has 3 aromatic rings. The number of hydrogen-bond donors (Lipinski definition) is 2. The first-order valence-corrected chi connectivity index (χ1v) is 11.8. The molecule has 0 bridgehead atoms. The lowest BCUT2D eigenvalue weighted by Crippen LogP contribution is -2.49. The molecule has 0 unspecified atom stereocenters. The molecule has 1 aliphatic rings. The van der Waals surface area contributed by atoms with Gasteiger partial charge in [0.25, 0.3) is 0 Å². The van der Waals surface area contributed by atoms with Crippen molar-refractivity contribution in [3.8, 4) is 11.1 Å². The van der Waals surface area contributed by atoms with E-state index in [1.807, 2.05) is 13.8 Å². The molecule has 10 heteroatoms. The Morgan fingerprint density at radius 3 is 2.53 bits per heavy atom. The molecule has 2 N–H and O–H groups in total. The lowest BCUT2D eigenvalue weighted by atomic mass is 10.0. The van der Waals surface area contributed by atoms with Crippen LogP contribution in [0.5, 0.6) is 0 Å². The summed E-state index contributed by atoms with van der Waals surface area (Å²) < 4.78 is 29.1. The molecule has 1 fully saturated rings. The van der Waals surface area contributed by atoms with Gasteiger partial charge in [-0.1, -0.05) is 55.5 Å². The second-order valence-electron chi connectivity index (χ2n) is 9.44. The van der Waals surface area contributed by atoms with Crippen molar-refractivity contribution >= 4 is 11.8 Å². The van der Waals surface area contributed by atoms with Crippen molar-refractivity contribution < 1.29 is 23.5 Å². The number of aromatic nitrogens is 3. The van der Waals surface area contributed by atoms with Crippen LogP contribution in [0.4, 0.5) is 8.78 Å². The molecule has 1 aromatic heterocycles. The van der Waals surface area contributed by atoms with Crippen molar-refractivity contribution in [1.29, 1.82) is 0 Å². The van der Waals surface area contributed by atoms with Gasteiger partial charge in [-0.2, -0.15) is 0 Å². The number of aliphatic hydroxyl groups is 1. The van der Waals surface area contributed by atoms with Gasteiger partial charge in [0.15, 0.2) is 11.6 Å². The molecule has 2 amide bonds. The van der Waals surface area contributed by atoms with E-state index in [0.29, 0.717) is 11.3 Å². The summed E-state index contributed by atoms with van der Waals surface area (Å²) in [6, 6.07) is 9.27. The van der Waals surface area contributed by atoms with Crippen LogP contribution in [0.3, 0.4) is 0 Å². The number of amides is 2. The highest BCUT2D eigenvalue weighted by Gasteiger charge is 2.42. The van der Waals surface area contributed by atoms with Crippen LogP contribution in [0.15, 0.2) is 48.7 Å². The summed E-state index contributed by atoms with van der Waals surface area (Å²) in [6.07, 6.45) is 1.01. The predicted octanol–water partition coefficient (Wildman–Crippen LogP) is 3.01. The Morgan fingerprint density at radius 1 is 1.17 bits per heavy atom. The Balaban J connectivity index is 1.44. The molecule has 0 spiro atoms.